The second-order valence-corrected chi connectivity index (χ2v) is 2.04. The van der Waals surface area contributed by atoms with E-state index in [-0.39, 0.29) is 5.56 Å². The maximum absolute atomic E-state index is 10.9. The Morgan fingerprint density at radius 2 is 2.50 bits per heavy atom. The van der Waals surface area contributed by atoms with E-state index < -0.39 is 0 Å². The first-order valence-electron chi connectivity index (χ1n) is 2.97. The van der Waals surface area contributed by atoms with Crippen molar-refractivity contribution in [1.29, 1.82) is 0 Å². The smallest absolute Gasteiger partial charge is 0.276 e. The molecular weight excluding hydrogens is 130 g/mol. The van der Waals surface area contributed by atoms with Crippen LogP contribution in [0.3, 0.4) is 0 Å². The molecule has 1 N–H and O–H groups in total. The van der Waals surface area contributed by atoms with Crippen molar-refractivity contribution < 1.29 is 0 Å². The molecule has 2 heterocycles. The molecule has 0 unspecified atom stereocenters. The molecule has 0 saturated carbocycles. The molecular formula is C6H5N3O. The summed E-state index contributed by atoms with van der Waals surface area (Å²) >= 11 is 0. The number of fused-ring (bicyclic) bond motifs is 1. The molecule has 2 rings (SSSR count). The van der Waals surface area contributed by atoms with Gasteiger partial charge in [-0.2, -0.15) is 0 Å². The second kappa shape index (κ2) is 1.76. The highest BCUT2D eigenvalue weighted by Gasteiger charge is 2.09. The van der Waals surface area contributed by atoms with Gasteiger partial charge in [-0.1, -0.05) is 0 Å². The maximum Gasteiger partial charge on any atom is 0.276 e. The standard InChI is InChI=1S/C6H5N3O/c10-6-5-4(1-2-7-5)8-3-9-6/h2-3H,1H2,(H,8,9,10). The first-order valence-corrected chi connectivity index (χ1v) is 2.97. The zero-order valence-corrected chi connectivity index (χ0v) is 5.16. The Morgan fingerprint density at radius 3 is 3.30 bits per heavy atom. The molecule has 0 bridgehead atoms. The molecule has 0 spiro atoms. The fraction of sp³-hybridized carbons (Fsp3) is 0.167. The van der Waals surface area contributed by atoms with Crippen molar-refractivity contribution in [3.63, 3.8) is 0 Å². The largest absolute Gasteiger partial charge is 0.311 e. The van der Waals surface area contributed by atoms with E-state index in [1.54, 1.807) is 6.21 Å². The van der Waals surface area contributed by atoms with Crippen LogP contribution in [0.5, 0.6) is 0 Å². The van der Waals surface area contributed by atoms with Crippen molar-refractivity contribution in [3.8, 4) is 0 Å². The van der Waals surface area contributed by atoms with Crippen LogP contribution in [0.2, 0.25) is 0 Å². The van der Waals surface area contributed by atoms with Gasteiger partial charge >= 0.3 is 0 Å². The van der Waals surface area contributed by atoms with Crippen LogP contribution >= 0.6 is 0 Å². The SMILES string of the molecule is O=c1[nH]cnc2c1N=CC2. The molecule has 0 fully saturated rings. The molecule has 50 valence electrons. The third kappa shape index (κ3) is 0.586. The second-order valence-electron chi connectivity index (χ2n) is 2.04. The third-order valence-electron chi connectivity index (χ3n) is 1.41. The molecule has 10 heavy (non-hydrogen) atoms. The Hall–Kier alpha value is -1.45. The molecule has 0 aromatic carbocycles. The van der Waals surface area contributed by atoms with Crippen LogP contribution in [0.1, 0.15) is 5.69 Å². The zero-order chi connectivity index (χ0) is 6.97. The predicted octanol–water partition coefficient (Wildman–Crippen LogP) is 0.0283. The van der Waals surface area contributed by atoms with Gasteiger partial charge in [0.1, 0.15) is 5.69 Å². The molecule has 0 radical (unpaired) electrons. The van der Waals surface area contributed by atoms with Crippen LogP contribution in [0.4, 0.5) is 5.69 Å². The lowest BCUT2D eigenvalue weighted by Gasteiger charge is -1.90. The molecule has 4 heteroatoms. The van der Waals surface area contributed by atoms with Crippen LogP contribution in [0, 0.1) is 0 Å². The van der Waals surface area contributed by atoms with E-state index >= 15 is 0 Å². The highest BCUT2D eigenvalue weighted by Crippen LogP contribution is 2.14. The van der Waals surface area contributed by atoms with Gasteiger partial charge in [0.25, 0.3) is 5.56 Å². The summed E-state index contributed by atoms with van der Waals surface area (Å²) in [5.41, 5.74) is 1.07. The van der Waals surface area contributed by atoms with E-state index in [0.29, 0.717) is 12.1 Å². The average Bonchev–Trinajstić information content (AvgIpc) is 2.36. The van der Waals surface area contributed by atoms with Crippen LogP contribution < -0.4 is 5.56 Å². The Balaban J connectivity index is 2.79. The van der Waals surface area contributed by atoms with Gasteiger partial charge in [-0.3, -0.25) is 9.79 Å². The lowest BCUT2D eigenvalue weighted by molar-refractivity contribution is 1.06. The predicted molar refractivity (Wildman–Crippen MR) is 36.7 cm³/mol. The summed E-state index contributed by atoms with van der Waals surface area (Å²) in [6.45, 7) is 0. The van der Waals surface area contributed by atoms with Crippen LogP contribution in [-0.2, 0) is 6.42 Å². The molecule has 4 nitrogen and oxygen atoms in total. The van der Waals surface area contributed by atoms with Gasteiger partial charge in [0, 0.05) is 12.6 Å². The van der Waals surface area contributed by atoms with Crippen LogP contribution in [0.25, 0.3) is 0 Å². The minimum absolute atomic E-state index is 0.154. The summed E-state index contributed by atoms with van der Waals surface area (Å²) in [6, 6.07) is 0. The first-order chi connectivity index (χ1) is 4.88. The fourth-order valence-electron chi connectivity index (χ4n) is 0.935. The number of aromatic amines is 1. The number of hydrogen-bond donors (Lipinski definition) is 1. The third-order valence-corrected chi connectivity index (χ3v) is 1.41. The van der Waals surface area contributed by atoms with Gasteiger partial charge in [0.15, 0.2) is 0 Å². The van der Waals surface area contributed by atoms with Crippen molar-refractivity contribution in [2.24, 2.45) is 4.99 Å². The zero-order valence-electron chi connectivity index (χ0n) is 5.16. The van der Waals surface area contributed by atoms with Crippen LogP contribution in [-0.4, -0.2) is 16.2 Å². The van der Waals surface area contributed by atoms with Gasteiger partial charge in [-0.05, 0) is 0 Å². The monoisotopic (exact) mass is 135 g/mol. The van der Waals surface area contributed by atoms with E-state index in [9.17, 15) is 4.79 Å². The minimum Gasteiger partial charge on any atom is -0.311 e. The molecule has 1 aliphatic heterocycles. The average molecular weight is 135 g/mol. The van der Waals surface area contributed by atoms with Crippen molar-refractivity contribution >= 4 is 11.9 Å². The molecule has 0 amide bonds. The van der Waals surface area contributed by atoms with Crippen molar-refractivity contribution in [1.82, 2.24) is 9.97 Å². The quantitative estimate of drug-likeness (QED) is 0.545. The van der Waals surface area contributed by atoms with Gasteiger partial charge in [-0.25, -0.2) is 4.98 Å². The van der Waals surface area contributed by atoms with E-state index in [1.807, 2.05) is 0 Å². The maximum atomic E-state index is 10.9. The minimum atomic E-state index is -0.154. The Morgan fingerprint density at radius 1 is 1.60 bits per heavy atom. The number of nitrogens with zero attached hydrogens (tertiary/aromatic N) is 2. The molecule has 0 aliphatic carbocycles. The topological polar surface area (TPSA) is 58.1 Å². The van der Waals surface area contributed by atoms with Gasteiger partial charge in [0.05, 0.1) is 12.0 Å². The molecule has 0 saturated heterocycles. The van der Waals surface area contributed by atoms with Crippen molar-refractivity contribution in [3.05, 3.63) is 22.4 Å². The number of H-pyrrole nitrogens is 1. The normalized spacial score (nSPS) is 13.6. The summed E-state index contributed by atoms with van der Waals surface area (Å²) in [4.78, 5) is 21.2. The van der Waals surface area contributed by atoms with Crippen molar-refractivity contribution in [2.75, 3.05) is 0 Å². The Bertz CT molecular complexity index is 339. The molecule has 0 atom stereocenters. The lowest BCUT2D eigenvalue weighted by Crippen LogP contribution is -2.06. The molecule has 1 aromatic heterocycles. The first kappa shape index (κ1) is 5.34. The molecule has 1 aliphatic rings. The lowest BCUT2D eigenvalue weighted by atomic mass is 10.3. The highest BCUT2D eigenvalue weighted by molar-refractivity contribution is 5.73. The Kier molecular flexibility index (Phi) is 0.943. The fourth-order valence-corrected chi connectivity index (χ4v) is 0.935. The van der Waals surface area contributed by atoms with E-state index in [4.69, 9.17) is 0 Å². The van der Waals surface area contributed by atoms with E-state index in [2.05, 4.69) is 15.0 Å². The summed E-state index contributed by atoms with van der Waals surface area (Å²) in [7, 11) is 0. The number of hydrogen-bond acceptors (Lipinski definition) is 3. The van der Waals surface area contributed by atoms with Gasteiger partial charge < -0.3 is 4.98 Å². The van der Waals surface area contributed by atoms with Crippen molar-refractivity contribution in [2.45, 2.75) is 6.42 Å². The van der Waals surface area contributed by atoms with E-state index in [0.717, 1.165) is 5.69 Å². The van der Waals surface area contributed by atoms with Gasteiger partial charge in [-0.15, -0.1) is 0 Å². The number of nitrogens with one attached hydrogen (secondary N) is 1. The van der Waals surface area contributed by atoms with Gasteiger partial charge in [0.2, 0.25) is 0 Å². The Labute approximate surface area is 56.7 Å². The number of rotatable bonds is 0. The number of aromatic nitrogens is 2. The summed E-state index contributed by atoms with van der Waals surface area (Å²) in [6.07, 6.45) is 3.77. The summed E-state index contributed by atoms with van der Waals surface area (Å²) in [5, 5.41) is 0. The van der Waals surface area contributed by atoms with E-state index in [1.165, 1.54) is 6.33 Å². The summed E-state index contributed by atoms with van der Waals surface area (Å²) in [5.74, 6) is 0. The van der Waals surface area contributed by atoms with Crippen LogP contribution in [0.15, 0.2) is 16.1 Å². The number of aliphatic imine (C=N–C) groups is 1. The summed E-state index contributed by atoms with van der Waals surface area (Å²) < 4.78 is 0. The highest BCUT2D eigenvalue weighted by atomic mass is 16.1. The molecule has 1 aromatic rings.